The fourth-order valence-electron chi connectivity index (χ4n) is 2.52. The number of nitrogens with one attached hydrogen (secondary N) is 2. The van der Waals surface area contributed by atoms with E-state index in [1.807, 2.05) is 0 Å². The minimum atomic E-state index is -0.338. The molecule has 2 N–H and O–H groups in total. The van der Waals surface area contributed by atoms with Crippen LogP contribution in [0.3, 0.4) is 0 Å². The lowest BCUT2D eigenvalue weighted by Crippen LogP contribution is -2.40. The molecule has 0 spiro atoms. The molecule has 1 aliphatic rings. The van der Waals surface area contributed by atoms with Crippen molar-refractivity contribution in [3.8, 4) is 0 Å². The summed E-state index contributed by atoms with van der Waals surface area (Å²) in [6.07, 6.45) is 1.34. The number of carbonyl (C=O) groups is 2. The van der Waals surface area contributed by atoms with E-state index in [4.69, 9.17) is 0 Å². The maximum Gasteiger partial charge on any atom is 0.319 e. The van der Waals surface area contributed by atoms with E-state index in [0.29, 0.717) is 18.7 Å². The summed E-state index contributed by atoms with van der Waals surface area (Å²) < 4.78 is 12.8. The average molecular weight is 322 g/mol. The highest BCUT2D eigenvalue weighted by atomic mass is 19.1. The van der Waals surface area contributed by atoms with Crippen molar-refractivity contribution in [2.45, 2.75) is 18.9 Å². The molecule has 2 rings (SSSR count). The van der Waals surface area contributed by atoms with Crippen molar-refractivity contribution in [2.75, 3.05) is 39.0 Å². The minimum Gasteiger partial charge on any atom is -0.349 e. The van der Waals surface area contributed by atoms with Crippen molar-refractivity contribution in [3.05, 3.63) is 30.1 Å². The molecule has 0 aromatic heterocycles. The zero-order valence-corrected chi connectivity index (χ0v) is 13.5. The van der Waals surface area contributed by atoms with Crippen molar-refractivity contribution in [1.82, 2.24) is 15.1 Å². The Hall–Kier alpha value is -2.15. The number of benzene rings is 1. The minimum absolute atomic E-state index is 0.0601. The zero-order valence-electron chi connectivity index (χ0n) is 13.5. The Kier molecular flexibility index (Phi) is 5.92. The van der Waals surface area contributed by atoms with Gasteiger partial charge in [-0.25, -0.2) is 9.18 Å². The predicted molar refractivity (Wildman–Crippen MR) is 86.7 cm³/mol. The fourth-order valence-corrected chi connectivity index (χ4v) is 2.52. The highest BCUT2D eigenvalue weighted by molar-refractivity contribution is 5.89. The van der Waals surface area contributed by atoms with Gasteiger partial charge in [0.15, 0.2) is 0 Å². The van der Waals surface area contributed by atoms with Crippen molar-refractivity contribution < 1.29 is 14.0 Å². The first-order valence-electron chi connectivity index (χ1n) is 7.69. The Bertz CT molecular complexity index is 548. The number of anilines is 1. The SMILES string of the molecule is CN(C)C(=O)CCN1CCC(NC(=O)Nc2ccc(F)cc2)C1. The Morgan fingerprint density at radius 2 is 2.00 bits per heavy atom. The van der Waals surface area contributed by atoms with Gasteiger partial charge in [0.05, 0.1) is 0 Å². The molecule has 1 unspecified atom stereocenters. The molecule has 0 bridgehead atoms. The van der Waals surface area contributed by atoms with Gasteiger partial charge in [0.25, 0.3) is 0 Å². The van der Waals surface area contributed by atoms with E-state index in [2.05, 4.69) is 15.5 Å². The molecule has 0 radical (unpaired) electrons. The summed E-state index contributed by atoms with van der Waals surface area (Å²) in [6.45, 7) is 2.30. The molecule has 1 aromatic carbocycles. The standard InChI is InChI=1S/C16H23FN4O2/c1-20(2)15(22)8-10-21-9-7-14(11-21)19-16(23)18-13-5-3-12(17)4-6-13/h3-6,14H,7-11H2,1-2H3,(H2,18,19,23). The fraction of sp³-hybridized carbons (Fsp3) is 0.500. The predicted octanol–water partition coefficient (Wildman–Crippen LogP) is 1.50. The van der Waals surface area contributed by atoms with E-state index in [9.17, 15) is 14.0 Å². The van der Waals surface area contributed by atoms with Gasteiger partial charge in [0.2, 0.25) is 5.91 Å². The number of nitrogens with zero attached hydrogens (tertiary/aromatic N) is 2. The lowest BCUT2D eigenvalue weighted by Gasteiger charge is -2.18. The first kappa shape index (κ1) is 17.2. The van der Waals surface area contributed by atoms with E-state index in [1.54, 1.807) is 19.0 Å². The van der Waals surface area contributed by atoms with Gasteiger partial charge in [-0.1, -0.05) is 0 Å². The van der Waals surface area contributed by atoms with Gasteiger partial charge in [-0.05, 0) is 30.7 Å². The summed E-state index contributed by atoms with van der Waals surface area (Å²) in [5, 5.41) is 5.58. The number of hydrogen-bond acceptors (Lipinski definition) is 3. The van der Waals surface area contributed by atoms with Crippen LogP contribution in [-0.2, 0) is 4.79 Å². The smallest absolute Gasteiger partial charge is 0.319 e. The second-order valence-corrected chi connectivity index (χ2v) is 5.93. The first-order valence-corrected chi connectivity index (χ1v) is 7.69. The van der Waals surface area contributed by atoms with Crippen molar-refractivity contribution in [1.29, 1.82) is 0 Å². The molecule has 1 fully saturated rings. The summed E-state index contributed by atoms with van der Waals surface area (Å²) in [6, 6.07) is 5.40. The summed E-state index contributed by atoms with van der Waals surface area (Å²) in [7, 11) is 3.49. The molecule has 23 heavy (non-hydrogen) atoms. The number of halogens is 1. The molecule has 3 amide bonds. The number of amides is 3. The second-order valence-electron chi connectivity index (χ2n) is 5.93. The largest absolute Gasteiger partial charge is 0.349 e. The molecule has 1 aliphatic heterocycles. The molecule has 1 atom stereocenters. The monoisotopic (exact) mass is 322 g/mol. The highest BCUT2D eigenvalue weighted by Gasteiger charge is 2.24. The third-order valence-corrected chi connectivity index (χ3v) is 3.85. The van der Waals surface area contributed by atoms with Gasteiger partial charge >= 0.3 is 6.03 Å². The van der Waals surface area contributed by atoms with Crippen LogP contribution in [0.5, 0.6) is 0 Å². The van der Waals surface area contributed by atoms with Crippen LogP contribution in [0.25, 0.3) is 0 Å². The van der Waals surface area contributed by atoms with Gasteiger partial charge < -0.3 is 20.4 Å². The Morgan fingerprint density at radius 3 is 2.65 bits per heavy atom. The number of rotatable bonds is 5. The van der Waals surface area contributed by atoms with Crippen LogP contribution < -0.4 is 10.6 Å². The Balaban J connectivity index is 1.71. The number of hydrogen-bond donors (Lipinski definition) is 2. The summed E-state index contributed by atoms with van der Waals surface area (Å²) in [5.41, 5.74) is 0.551. The Labute approximate surface area is 135 Å². The first-order chi connectivity index (χ1) is 10.9. The summed E-state index contributed by atoms with van der Waals surface area (Å²) >= 11 is 0. The van der Waals surface area contributed by atoms with E-state index in [1.165, 1.54) is 24.3 Å². The maximum atomic E-state index is 12.8. The van der Waals surface area contributed by atoms with Gasteiger partial charge in [-0.3, -0.25) is 4.79 Å². The molecule has 1 aromatic rings. The molecule has 6 nitrogen and oxygen atoms in total. The molecule has 0 aliphatic carbocycles. The topological polar surface area (TPSA) is 64.7 Å². The summed E-state index contributed by atoms with van der Waals surface area (Å²) in [4.78, 5) is 27.3. The third-order valence-electron chi connectivity index (χ3n) is 3.85. The Morgan fingerprint density at radius 1 is 1.30 bits per heavy atom. The van der Waals surface area contributed by atoms with E-state index < -0.39 is 0 Å². The van der Waals surface area contributed by atoms with Crippen LogP contribution in [-0.4, -0.2) is 61.5 Å². The van der Waals surface area contributed by atoms with Crippen LogP contribution in [0.15, 0.2) is 24.3 Å². The van der Waals surface area contributed by atoms with E-state index in [0.717, 1.165) is 19.5 Å². The molecule has 1 saturated heterocycles. The highest BCUT2D eigenvalue weighted by Crippen LogP contribution is 2.11. The molecule has 1 heterocycles. The second kappa shape index (κ2) is 7.92. The molecule has 7 heteroatoms. The zero-order chi connectivity index (χ0) is 16.8. The van der Waals surface area contributed by atoms with Crippen LogP contribution >= 0.6 is 0 Å². The van der Waals surface area contributed by atoms with Gasteiger partial charge in [-0.15, -0.1) is 0 Å². The molecule has 0 saturated carbocycles. The van der Waals surface area contributed by atoms with Crippen LogP contribution in [0.4, 0.5) is 14.9 Å². The van der Waals surface area contributed by atoms with Crippen molar-refractivity contribution >= 4 is 17.6 Å². The normalized spacial score (nSPS) is 17.8. The van der Waals surface area contributed by atoms with Gasteiger partial charge in [-0.2, -0.15) is 0 Å². The van der Waals surface area contributed by atoms with E-state index in [-0.39, 0.29) is 23.8 Å². The van der Waals surface area contributed by atoms with Crippen LogP contribution in [0.2, 0.25) is 0 Å². The lowest BCUT2D eigenvalue weighted by atomic mass is 10.2. The molecule has 126 valence electrons. The average Bonchev–Trinajstić information content (AvgIpc) is 2.94. The van der Waals surface area contributed by atoms with Crippen molar-refractivity contribution in [3.63, 3.8) is 0 Å². The number of likely N-dealkylation sites (tertiary alicyclic amines) is 1. The molecular weight excluding hydrogens is 299 g/mol. The quantitative estimate of drug-likeness (QED) is 0.863. The van der Waals surface area contributed by atoms with Gasteiger partial charge in [0.1, 0.15) is 5.82 Å². The number of carbonyl (C=O) groups excluding carboxylic acids is 2. The maximum absolute atomic E-state index is 12.8. The van der Waals surface area contributed by atoms with Gasteiger partial charge in [0, 0.05) is 51.9 Å². The lowest BCUT2D eigenvalue weighted by molar-refractivity contribution is -0.128. The molecular formula is C16H23FN4O2. The van der Waals surface area contributed by atoms with E-state index >= 15 is 0 Å². The van der Waals surface area contributed by atoms with Crippen LogP contribution in [0, 0.1) is 5.82 Å². The third kappa shape index (κ3) is 5.52. The van der Waals surface area contributed by atoms with Crippen LogP contribution in [0.1, 0.15) is 12.8 Å². The number of urea groups is 1. The summed E-state index contributed by atoms with van der Waals surface area (Å²) in [5.74, 6) is -0.231. The van der Waals surface area contributed by atoms with Crippen molar-refractivity contribution in [2.24, 2.45) is 0 Å².